The molecule has 10 rings (SSSR count). The molecule has 2 aliphatic heterocycles. The highest BCUT2D eigenvalue weighted by Crippen LogP contribution is 2.47. The number of rotatable bonds is 5. The molecule has 0 aromatic heterocycles. The van der Waals surface area contributed by atoms with Crippen molar-refractivity contribution < 1.29 is 4.74 Å². The Hall–Kier alpha value is -6.58. The second-order valence-corrected chi connectivity index (χ2v) is 18.7. The Bertz CT molecular complexity index is 2890. The standard InChI is InChI=1S/C57H50BNO/c1-37-29-52-55-54(30-37)60-53-28-25-43(40-21-15-10-16-22-40)35-49(53)58(55)48-34-42(39-19-13-9-14-20-39)24-27-51(48)59(52)50-26-23-41(38-17-11-8-12-18-38)33-47(50)44-31-45(56(2,3)4)36-46(32-44)57(5,6)7/h8-36H,1-7H3. The van der Waals surface area contributed by atoms with E-state index in [-0.39, 0.29) is 17.5 Å². The van der Waals surface area contributed by atoms with Gasteiger partial charge in [0, 0.05) is 16.9 Å². The van der Waals surface area contributed by atoms with E-state index in [9.17, 15) is 0 Å². The van der Waals surface area contributed by atoms with Crippen molar-refractivity contribution >= 4 is 40.2 Å². The molecule has 2 nitrogen and oxygen atoms in total. The zero-order chi connectivity index (χ0) is 41.3. The molecular formula is C57H50BNO. The summed E-state index contributed by atoms with van der Waals surface area (Å²) in [6.45, 7) is 16.1. The summed E-state index contributed by atoms with van der Waals surface area (Å²) in [6.07, 6.45) is 0. The lowest BCUT2D eigenvalue weighted by Crippen LogP contribution is -2.59. The third-order valence-corrected chi connectivity index (χ3v) is 12.4. The molecular weight excluding hydrogens is 725 g/mol. The first-order chi connectivity index (χ1) is 28.9. The van der Waals surface area contributed by atoms with E-state index in [4.69, 9.17) is 4.74 Å². The smallest absolute Gasteiger partial charge is 0.256 e. The van der Waals surface area contributed by atoms with Gasteiger partial charge in [-0.3, -0.25) is 0 Å². The minimum atomic E-state index is -0.0401. The third kappa shape index (κ3) is 6.63. The van der Waals surface area contributed by atoms with Gasteiger partial charge in [0.15, 0.2) is 0 Å². The minimum Gasteiger partial charge on any atom is -0.458 e. The summed E-state index contributed by atoms with van der Waals surface area (Å²) < 4.78 is 6.98. The third-order valence-electron chi connectivity index (χ3n) is 12.4. The zero-order valence-corrected chi connectivity index (χ0v) is 35.7. The Morgan fingerprint density at radius 2 is 0.900 bits per heavy atom. The second kappa shape index (κ2) is 14.3. The summed E-state index contributed by atoms with van der Waals surface area (Å²) in [7, 11) is 0. The maximum Gasteiger partial charge on any atom is 0.256 e. The van der Waals surface area contributed by atoms with E-state index in [2.05, 4.69) is 229 Å². The Balaban J connectivity index is 1.27. The van der Waals surface area contributed by atoms with Crippen LogP contribution in [0.25, 0.3) is 44.5 Å². The fraction of sp³-hybridized carbons (Fsp3) is 0.158. The number of aryl methyl sites for hydroxylation is 1. The van der Waals surface area contributed by atoms with E-state index in [1.54, 1.807) is 0 Å². The molecule has 3 heteroatoms. The quantitative estimate of drug-likeness (QED) is 0.161. The largest absolute Gasteiger partial charge is 0.458 e. The monoisotopic (exact) mass is 775 g/mol. The van der Waals surface area contributed by atoms with Gasteiger partial charge >= 0.3 is 0 Å². The predicted molar refractivity (Wildman–Crippen MR) is 256 cm³/mol. The molecule has 60 heavy (non-hydrogen) atoms. The van der Waals surface area contributed by atoms with Crippen LogP contribution in [0.4, 0.5) is 17.1 Å². The highest BCUT2D eigenvalue weighted by atomic mass is 16.5. The van der Waals surface area contributed by atoms with Crippen LogP contribution < -0.4 is 26.0 Å². The molecule has 0 radical (unpaired) electrons. The van der Waals surface area contributed by atoms with Crippen molar-refractivity contribution in [1.82, 2.24) is 0 Å². The molecule has 0 aliphatic carbocycles. The van der Waals surface area contributed by atoms with E-state index in [1.165, 1.54) is 77.7 Å². The van der Waals surface area contributed by atoms with Crippen LogP contribution in [0.3, 0.4) is 0 Å². The number of fused-ring (bicyclic) bond motifs is 4. The molecule has 0 N–H and O–H groups in total. The summed E-state index contributed by atoms with van der Waals surface area (Å²) >= 11 is 0. The highest BCUT2D eigenvalue weighted by Gasteiger charge is 2.43. The van der Waals surface area contributed by atoms with Crippen LogP contribution in [0.1, 0.15) is 58.2 Å². The first-order valence-electron chi connectivity index (χ1n) is 21.3. The highest BCUT2D eigenvalue weighted by molar-refractivity contribution is 6.99. The van der Waals surface area contributed by atoms with Crippen molar-refractivity contribution in [3.8, 4) is 56.0 Å². The molecule has 0 saturated heterocycles. The molecule has 0 fully saturated rings. The number of hydrogen-bond donors (Lipinski definition) is 0. The predicted octanol–water partition coefficient (Wildman–Crippen LogP) is 13.7. The maximum absolute atomic E-state index is 6.98. The van der Waals surface area contributed by atoms with Gasteiger partial charge in [-0.1, -0.05) is 181 Å². The van der Waals surface area contributed by atoms with Crippen LogP contribution >= 0.6 is 0 Å². The summed E-state index contributed by atoms with van der Waals surface area (Å²) in [5.41, 5.74) is 20.5. The van der Waals surface area contributed by atoms with E-state index >= 15 is 0 Å². The summed E-state index contributed by atoms with van der Waals surface area (Å²) in [5, 5.41) is 0. The van der Waals surface area contributed by atoms with E-state index < -0.39 is 0 Å². The van der Waals surface area contributed by atoms with Gasteiger partial charge < -0.3 is 9.64 Å². The van der Waals surface area contributed by atoms with Crippen LogP contribution in [0.5, 0.6) is 11.5 Å². The van der Waals surface area contributed by atoms with Gasteiger partial charge in [-0.25, -0.2) is 0 Å². The molecule has 292 valence electrons. The Kier molecular flexibility index (Phi) is 8.99. The first kappa shape index (κ1) is 37.7. The number of ether oxygens (including phenoxy) is 1. The molecule has 2 aliphatic rings. The normalized spacial score (nSPS) is 13.0. The molecule has 8 aromatic carbocycles. The zero-order valence-electron chi connectivity index (χ0n) is 35.7. The van der Waals surface area contributed by atoms with Gasteiger partial charge in [-0.2, -0.15) is 0 Å². The lowest BCUT2D eigenvalue weighted by atomic mass is 9.34. The summed E-state index contributed by atoms with van der Waals surface area (Å²) in [4.78, 5) is 2.53. The lowest BCUT2D eigenvalue weighted by Gasteiger charge is -2.41. The molecule has 2 heterocycles. The van der Waals surface area contributed by atoms with Crippen LogP contribution in [-0.2, 0) is 10.8 Å². The minimum absolute atomic E-state index is 0.0368. The number of anilines is 3. The Morgan fingerprint density at radius 1 is 0.400 bits per heavy atom. The van der Waals surface area contributed by atoms with Gasteiger partial charge in [0.25, 0.3) is 6.71 Å². The van der Waals surface area contributed by atoms with Crippen molar-refractivity contribution in [1.29, 1.82) is 0 Å². The molecule has 0 unspecified atom stereocenters. The summed E-state index contributed by atoms with van der Waals surface area (Å²) in [6, 6.07) is 65.1. The average Bonchev–Trinajstić information content (AvgIpc) is 3.26. The molecule has 0 saturated carbocycles. The van der Waals surface area contributed by atoms with Crippen LogP contribution in [-0.4, -0.2) is 6.71 Å². The number of benzene rings is 8. The van der Waals surface area contributed by atoms with Crippen molar-refractivity contribution in [2.24, 2.45) is 0 Å². The maximum atomic E-state index is 6.98. The van der Waals surface area contributed by atoms with Crippen LogP contribution in [0.15, 0.2) is 176 Å². The van der Waals surface area contributed by atoms with Crippen molar-refractivity contribution in [2.45, 2.75) is 59.3 Å². The van der Waals surface area contributed by atoms with Gasteiger partial charge in [0.2, 0.25) is 0 Å². The van der Waals surface area contributed by atoms with E-state index in [0.29, 0.717) is 0 Å². The van der Waals surface area contributed by atoms with E-state index in [0.717, 1.165) is 28.4 Å². The molecule has 8 aromatic rings. The molecule has 0 spiro atoms. The fourth-order valence-corrected chi connectivity index (χ4v) is 9.19. The van der Waals surface area contributed by atoms with Crippen LogP contribution in [0, 0.1) is 6.92 Å². The van der Waals surface area contributed by atoms with Crippen molar-refractivity contribution in [3.05, 3.63) is 193 Å². The second-order valence-electron chi connectivity index (χ2n) is 18.7. The number of hydrogen-bond acceptors (Lipinski definition) is 2. The van der Waals surface area contributed by atoms with Crippen LogP contribution in [0.2, 0.25) is 0 Å². The Labute approximate surface area is 356 Å². The molecule has 0 atom stereocenters. The number of nitrogens with zero attached hydrogens (tertiary/aromatic N) is 1. The van der Waals surface area contributed by atoms with Crippen molar-refractivity contribution in [3.63, 3.8) is 0 Å². The molecule has 0 amide bonds. The Morgan fingerprint density at radius 3 is 1.45 bits per heavy atom. The first-order valence-corrected chi connectivity index (χ1v) is 21.3. The van der Waals surface area contributed by atoms with Gasteiger partial charge in [0.1, 0.15) is 11.5 Å². The van der Waals surface area contributed by atoms with E-state index in [1.807, 2.05) is 0 Å². The summed E-state index contributed by atoms with van der Waals surface area (Å²) in [5.74, 6) is 1.83. The molecule has 0 bridgehead atoms. The van der Waals surface area contributed by atoms with Crippen molar-refractivity contribution in [2.75, 3.05) is 4.90 Å². The fourth-order valence-electron chi connectivity index (χ4n) is 9.19. The van der Waals surface area contributed by atoms with Gasteiger partial charge in [-0.15, -0.1) is 0 Å². The average molecular weight is 776 g/mol. The topological polar surface area (TPSA) is 12.5 Å². The SMILES string of the molecule is Cc1cc2c3c(c1)N(c1ccc(-c4ccccc4)cc1-c1cc(C(C)(C)C)cc(C(C)(C)C)c1)c1ccc(-c4ccccc4)cc1B3c1cc(-c3ccccc3)ccc1O2. The lowest BCUT2D eigenvalue weighted by molar-refractivity contribution is 0.487. The van der Waals surface area contributed by atoms with Gasteiger partial charge in [0.05, 0.1) is 5.69 Å². The van der Waals surface area contributed by atoms with Gasteiger partial charge in [-0.05, 0) is 126 Å².